The molecule has 0 aliphatic heterocycles. The zero-order valence-electron chi connectivity index (χ0n) is 16.9. The van der Waals surface area contributed by atoms with Crippen LogP contribution in [0.15, 0.2) is 52.7 Å². The Hall–Kier alpha value is -2.49. The number of aliphatic hydroxyl groups is 1. The molecule has 1 aliphatic rings. The van der Waals surface area contributed by atoms with Crippen molar-refractivity contribution >= 4 is 26.9 Å². The molecule has 3 rings (SSSR count). The van der Waals surface area contributed by atoms with Crippen LogP contribution in [0.2, 0.25) is 0 Å². The lowest BCUT2D eigenvalue weighted by Crippen LogP contribution is -2.35. The Labute approximate surface area is 176 Å². The predicted molar refractivity (Wildman–Crippen MR) is 114 cm³/mol. The molecule has 2 unspecified atom stereocenters. The third-order valence-corrected chi connectivity index (χ3v) is 6.98. The fourth-order valence-corrected chi connectivity index (χ4v) is 4.46. The van der Waals surface area contributed by atoms with Gasteiger partial charge in [0.15, 0.2) is 11.3 Å². The highest BCUT2D eigenvalue weighted by atomic mass is 32.2. The molecule has 162 valence electrons. The van der Waals surface area contributed by atoms with Gasteiger partial charge in [-0.25, -0.2) is 13.1 Å². The minimum absolute atomic E-state index is 0.0598. The van der Waals surface area contributed by atoms with Crippen LogP contribution in [0, 0.1) is 5.92 Å². The van der Waals surface area contributed by atoms with Gasteiger partial charge in [-0.2, -0.15) is 0 Å². The van der Waals surface area contributed by atoms with Gasteiger partial charge in [0.2, 0.25) is 10.0 Å². The van der Waals surface area contributed by atoms with Gasteiger partial charge in [-0.1, -0.05) is 31.6 Å². The van der Waals surface area contributed by atoms with Crippen molar-refractivity contribution in [2.24, 2.45) is 5.92 Å². The van der Waals surface area contributed by atoms with Crippen LogP contribution in [0.4, 0.5) is 0 Å². The second-order valence-electron chi connectivity index (χ2n) is 7.30. The van der Waals surface area contributed by atoms with Gasteiger partial charge in [-0.15, -0.1) is 0 Å². The Morgan fingerprint density at radius 2 is 2.27 bits per heavy atom. The van der Waals surface area contributed by atoms with E-state index >= 15 is 0 Å². The van der Waals surface area contributed by atoms with E-state index in [9.17, 15) is 18.3 Å². The molecule has 2 aromatic heterocycles. The number of sulfonamides is 1. The van der Waals surface area contributed by atoms with E-state index in [4.69, 9.17) is 4.42 Å². The van der Waals surface area contributed by atoms with Gasteiger partial charge in [-0.05, 0) is 36.5 Å². The van der Waals surface area contributed by atoms with Crippen LogP contribution >= 0.6 is 0 Å². The largest absolute Gasteiger partial charge is 0.449 e. The molecule has 0 radical (unpaired) electrons. The van der Waals surface area contributed by atoms with Crippen molar-refractivity contribution in [2.45, 2.75) is 31.4 Å². The van der Waals surface area contributed by atoms with Crippen molar-refractivity contribution < 1.29 is 22.7 Å². The molecule has 2 aromatic rings. The summed E-state index contributed by atoms with van der Waals surface area (Å²) < 4.78 is 33.0. The van der Waals surface area contributed by atoms with E-state index in [1.165, 1.54) is 0 Å². The highest BCUT2D eigenvalue weighted by molar-refractivity contribution is 7.90. The number of carbonyl (C=O) groups is 1. The molecule has 0 bridgehead atoms. The van der Waals surface area contributed by atoms with Crippen molar-refractivity contribution in [1.29, 1.82) is 0 Å². The van der Waals surface area contributed by atoms with Crippen molar-refractivity contribution in [2.75, 3.05) is 19.7 Å². The van der Waals surface area contributed by atoms with E-state index in [2.05, 4.69) is 15.0 Å². The van der Waals surface area contributed by atoms with Crippen LogP contribution in [-0.4, -0.2) is 49.4 Å². The van der Waals surface area contributed by atoms with E-state index in [0.717, 1.165) is 17.4 Å². The maximum absolute atomic E-state index is 12.4. The minimum atomic E-state index is -3.48. The van der Waals surface area contributed by atoms with E-state index in [0.29, 0.717) is 25.0 Å². The molecule has 2 heterocycles. The molecule has 8 nitrogen and oxygen atoms in total. The first-order valence-corrected chi connectivity index (χ1v) is 11.6. The summed E-state index contributed by atoms with van der Waals surface area (Å²) in [7, 11) is -3.48. The first-order chi connectivity index (χ1) is 14.4. The maximum Gasteiger partial charge on any atom is 0.287 e. The van der Waals surface area contributed by atoms with Crippen LogP contribution in [0.5, 0.6) is 0 Å². The number of furan rings is 1. The number of nitrogens with one attached hydrogen (secondary N) is 2. The molecule has 0 saturated heterocycles. The molecule has 30 heavy (non-hydrogen) atoms. The second-order valence-corrected chi connectivity index (χ2v) is 9.29. The summed E-state index contributed by atoms with van der Waals surface area (Å²) >= 11 is 0. The van der Waals surface area contributed by atoms with Gasteiger partial charge in [-0.3, -0.25) is 9.78 Å². The van der Waals surface area contributed by atoms with Gasteiger partial charge in [0.05, 0.1) is 11.4 Å². The highest BCUT2D eigenvalue weighted by Crippen LogP contribution is 2.19. The molecule has 0 spiro atoms. The Bertz CT molecular complexity index is 1000. The summed E-state index contributed by atoms with van der Waals surface area (Å²) in [6.07, 6.45) is 10.1. The van der Waals surface area contributed by atoms with Crippen molar-refractivity contribution in [1.82, 2.24) is 15.0 Å². The van der Waals surface area contributed by atoms with E-state index in [1.54, 1.807) is 36.7 Å². The summed E-state index contributed by atoms with van der Waals surface area (Å²) in [5.41, 5.74) is 1.38. The van der Waals surface area contributed by atoms with Gasteiger partial charge < -0.3 is 14.8 Å². The lowest BCUT2D eigenvalue weighted by molar-refractivity contribution is 0.0932. The number of aliphatic hydroxyl groups excluding tert-OH is 1. The first-order valence-electron chi connectivity index (χ1n) is 10.0. The lowest BCUT2D eigenvalue weighted by atomic mass is 10.0. The molecule has 2 atom stereocenters. The van der Waals surface area contributed by atoms with Crippen LogP contribution in [0.1, 0.15) is 36.7 Å². The third-order valence-electron chi connectivity index (χ3n) is 5.23. The van der Waals surface area contributed by atoms with E-state index in [1.807, 2.05) is 13.0 Å². The van der Waals surface area contributed by atoms with E-state index < -0.39 is 15.3 Å². The lowest BCUT2D eigenvalue weighted by Gasteiger charge is -2.19. The molecule has 1 aliphatic carbocycles. The van der Waals surface area contributed by atoms with Gasteiger partial charge >= 0.3 is 0 Å². The normalized spacial score (nSPS) is 17.7. The zero-order chi connectivity index (χ0) is 21.6. The van der Waals surface area contributed by atoms with E-state index in [-0.39, 0.29) is 30.7 Å². The molecule has 3 N–H and O–H groups in total. The quantitative estimate of drug-likeness (QED) is 0.528. The number of rotatable bonds is 10. The summed E-state index contributed by atoms with van der Waals surface area (Å²) in [6, 6.07) is 3.43. The average Bonchev–Trinajstić information content (AvgIpc) is 3.20. The molecule has 0 saturated carbocycles. The molecule has 1 amide bonds. The fraction of sp³-hybridized carbons (Fsp3) is 0.429. The summed E-state index contributed by atoms with van der Waals surface area (Å²) in [5.74, 6) is -0.0321. The smallest absolute Gasteiger partial charge is 0.287 e. The number of nitrogens with zero attached hydrogens (tertiary/aromatic N) is 1. The van der Waals surface area contributed by atoms with Crippen LogP contribution in [0.25, 0.3) is 11.0 Å². The first kappa shape index (κ1) is 22.2. The van der Waals surface area contributed by atoms with Gasteiger partial charge in [0, 0.05) is 31.3 Å². The summed E-state index contributed by atoms with van der Waals surface area (Å²) in [6.45, 7) is 2.62. The number of allylic oxidation sites excluding steroid dienone is 1. The number of carbonyl (C=O) groups excluding carboxylic acids is 1. The molecule has 0 fully saturated rings. The topological polar surface area (TPSA) is 122 Å². The van der Waals surface area contributed by atoms with Crippen molar-refractivity contribution in [3.05, 3.63) is 54.1 Å². The van der Waals surface area contributed by atoms with Gasteiger partial charge in [0.25, 0.3) is 5.91 Å². The Morgan fingerprint density at radius 3 is 2.93 bits per heavy atom. The fourth-order valence-electron chi connectivity index (χ4n) is 3.21. The number of pyridine rings is 1. The molecule has 0 aromatic carbocycles. The van der Waals surface area contributed by atoms with Crippen LogP contribution in [-0.2, 0) is 10.0 Å². The second kappa shape index (κ2) is 10.0. The number of amides is 1. The minimum Gasteiger partial charge on any atom is -0.449 e. The summed E-state index contributed by atoms with van der Waals surface area (Å²) in [4.78, 5) is 16.3. The average molecular weight is 434 g/mol. The number of hydrogen-bond acceptors (Lipinski definition) is 6. The van der Waals surface area contributed by atoms with Crippen LogP contribution < -0.4 is 10.0 Å². The Morgan fingerprint density at radius 1 is 1.43 bits per heavy atom. The third kappa shape index (κ3) is 5.56. The Kier molecular flexibility index (Phi) is 7.41. The maximum atomic E-state index is 12.4. The SMILES string of the molecule is CCC(CO)CCNS(=O)(=O)C1C=CC(CNC(=O)c2cc3ccncc3o2)=CC1. The number of fused-ring (bicyclic) bond motifs is 1. The van der Waals surface area contributed by atoms with Crippen LogP contribution in [0.3, 0.4) is 0 Å². The number of hydrogen-bond donors (Lipinski definition) is 3. The molecule has 9 heteroatoms. The summed E-state index contributed by atoms with van der Waals surface area (Å²) in [5, 5.41) is 12.1. The monoisotopic (exact) mass is 433 g/mol. The predicted octanol–water partition coefficient (Wildman–Crippen LogP) is 2.14. The Balaban J connectivity index is 1.48. The molecular weight excluding hydrogens is 406 g/mol. The standard InChI is InChI=1S/C21H27N3O5S/c1-2-15(14-25)7-10-24-30(27,28)18-5-3-16(4-6-18)12-23-21(26)19-11-17-8-9-22-13-20(17)29-19/h3-5,8-9,11,13,15,18,24-25H,2,6-7,10,12,14H2,1H3,(H,23,26). The zero-order valence-corrected chi connectivity index (χ0v) is 17.7. The van der Waals surface area contributed by atoms with Gasteiger partial charge in [0.1, 0.15) is 0 Å². The molecular formula is C21H27N3O5S. The highest BCUT2D eigenvalue weighted by Gasteiger charge is 2.24. The van der Waals surface area contributed by atoms with Crippen molar-refractivity contribution in [3.8, 4) is 0 Å². The van der Waals surface area contributed by atoms with Crippen molar-refractivity contribution in [3.63, 3.8) is 0 Å². The number of aromatic nitrogens is 1.